The summed E-state index contributed by atoms with van der Waals surface area (Å²) in [5, 5.41) is 0. The third kappa shape index (κ3) is 2.61. The molecule has 3 rings (SSSR count). The molecule has 19 heavy (non-hydrogen) atoms. The maximum Gasteiger partial charge on any atom is 0.180 e. The first-order chi connectivity index (χ1) is 9.33. The molecule has 5 heteroatoms. The minimum atomic E-state index is 0.0282. The number of hydrogen-bond donors (Lipinski definition) is 2. The van der Waals surface area contributed by atoms with E-state index in [1.165, 1.54) is 6.33 Å². The molecule has 1 aromatic carbocycles. The summed E-state index contributed by atoms with van der Waals surface area (Å²) in [4.78, 5) is 15.7. The fourth-order valence-corrected chi connectivity index (χ4v) is 2.09. The van der Waals surface area contributed by atoms with Gasteiger partial charge in [0.05, 0.1) is 6.20 Å². The molecule has 0 amide bonds. The molecule has 0 bridgehead atoms. The number of nitrogens with one attached hydrogen (secondary N) is 1. The van der Waals surface area contributed by atoms with Crippen LogP contribution >= 0.6 is 0 Å². The van der Waals surface area contributed by atoms with E-state index in [9.17, 15) is 0 Å². The van der Waals surface area contributed by atoms with Crippen LogP contribution in [0.1, 0.15) is 23.9 Å². The second kappa shape index (κ2) is 5.16. The molecule has 1 atom stereocenters. The highest BCUT2D eigenvalue weighted by Gasteiger charge is 2.08. The van der Waals surface area contributed by atoms with Crippen molar-refractivity contribution in [1.29, 1.82) is 0 Å². The molecule has 0 fully saturated rings. The van der Waals surface area contributed by atoms with Gasteiger partial charge in [-0.3, -0.25) is 0 Å². The molecule has 96 valence electrons. The van der Waals surface area contributed by atoms with Gasteiger partial charge < -0.3 is 10.7 Å². The van der Waals surface area contributed by atoms with Crippen LogP contribution in [0.2, 0.25) is 0 Å². The first-order valence-electron chi connectivity index (χ1n) is 6.28. The van der Waals surface area contributed by atoms with Crippen LogP contribution in [-0.2, 0) is 6.42 Å². The number of aromatic nitrogens is 4. The highest BCUT2D eigenvalue weighted by Crippen LogP contribution is 2.16. The van der Waals surface area contributed by atoms with E-state index in [4.69, 9.17) is 5.73 Å². The summed E-state index contributed by atoms with van der Waals surface area (Å²) >= 11 is 0. The van der Waals surface area contributed by atoms with Gasteiger partial charge in [-0.25, -0.2) is 15.0 Å². The monoisotopic (exact) mass is 253 g/mol. The SMILES string of the molecule is NC(CCc1nc2ncncc2[nH]1)c1ccccc1. The van der Waals surface area contributed by atoms with E-state index in [2.05, 4.69) is 32.1 Å². The number of rotatable bonds is 4. The molecule has 0 saturated heterocycles. The van der Waals surface area contributed by atoms with Crippen LogP contribution in [0, 0.1) is 0 Å². The summed E-state index contributed by atoms with van der Waals surface area (Å²) < 4.78 is 0. The lowest BCUT2D eigenvalue weighted by molar-refractivity contribution is 0.638. The lowest BCUT2D eigenvalue weighted by Crippen LogP contribution is -2.11. The molecular formula is C14H15N5. The van der Waals surface area contributed by atoms with Crippen molar-refractivity contribution in [3.8, 4) is 0 Å². The van der Waals surface area contributed by atoms with E-state index < -0.39 is 0 Å². The quantitative estimate of drug-likeness (QED) is 0.745. The van der Waals surface area contributed by atoms with Crippen LogP contribution in [0.4, 0.5) is 0 Å². The highest BCUT2D eigenvalue weighted by molar-refractivity contribution is 5.68. The minimum absolute atomic E-state index is 0.0282. The number of nitrogens with zero attached hydrogens (tertiary/aromatic N) is 3. The lowest BCUT2D eigenvalue weighted by atomic mass is 10.0. The van der Waals surface area contributed by atoms with Crippen molar-refractivity contribution in [2.45, 2.75) is 18.9 Å². The van der Waals surface area contributed by atoms with Gasteiger partial charge in [-0.05, 0) is 12.0 Å². The third-order valence-corrected chi connectivity index (χ3v) is 3.13. The highest BCUT2D eigenvalue weighted by atomic mass is 15.0. The number of hydrogen-bond acceptors (Lipinski definition) is 4. The second-order valence-electron chi connectivity index (χ2n) is 4.50. The fourth-order valence-electron chi connectivity index (χ4n) is 2.09. The van der Waals surface area contributed by atoms with E-state index in [0.29, 0.717) is 5.65 Å². The van der Waals surface area contributed by atoms with Gasteiger partial charge in [0.15, 0.2) is 5.65 Å². The maximum absolute atomic E-state index is 6.17. The maximum atomic E-state index is 6.17. The van der Waals surface area contributed by atoms with Gasteiger partial charge in [0.1, 0.15) is 17.7 Å². The molecule has 0 aliphatic rings. The van der Waals surface area contributed by atoms with Gasteiger partial charge in [-0.1, -0.05) is 30.3 Å². The first-order valence-corrected chi connectivity index (χ1v) is 6.28. The van der Waals surface area contributed by atoms with Crippen molar-refractivity contribution in [3.05, 3.63) is 54.2 Å². The molecular weight excluding hydrogens is 238 g/mol. The van der Waals surface area contributed by atoms with Gasteiger partial charge in [-0.15, -0.1) is 0 Å². The normalized spacial score (nSPS) is 12.7. The number of benzene rings is 1. The summed E-state index contributed by atoms with van der Waals surface area (Å²) in [6.45, 7) is 0. The zero-order valence-electron chi connectivity index (χ0n) is 10.5. The van der Waals surface area contributed by atoms with Crippen molar-refractivity contribution < 1.29 is 0 Å². The summed E-state index contributed by atoms with van der Waals surface area (Å²) in [5.74, 6) is 0.905. The molecule has 0 saturated carbocycles. The van der Waals surface area contributed by atoms with Crippen molar-refractivity contribution in [3.63, 3.8) is 0 Å². The van der Waals surface area contributed by atoms with Gasteiger partial charge >= 0.3 is 0 Å². The third-order valence-electron chi connectivity index (χ3n) is 3.13. The topological polar surface area (TPSA) is 80.5 Å². The Hall–Kier alpha value is -2.27. The van der Waals surface area contributed by atoms with Crippen LogP contribution in [0.25, 0.3) is 11.2 Å². The Morgan fingerprint density at radius 2 is 2.05 bits per heavy atom. The van der Waals surface area contributed by atoms with Gasteiger partial charge in [-0.2, -0.15) is 0 Å². The first kappa shape index (κ1) is 11.8. The summed E-state index contributed by atoms with van der Waals surface area (Å²) in [6, 6.07) is 10.1. The fraction of sp³-hybridized carbons (Fsp3) is 0.214. The molecule has 0 aliphatic carbocycles. The predicted octanol–water partition coefficient (Wildman–Crippen LogP) is 1.99. The summed E-state index contributed by atoms with van der Waals surface area (Å²) in [5.41, 5.74) is 8.89. The van der Waals surface area contributed by atoms with Crippen LogP contribution in [0.5, 0.6) is 0 Å². The van der Waals surface area contributed by atoms with E-state index in [-0.39, 0.29) is 6.04 Å². The Labute approximate surface area is 110 Å². The van der Waals surface area contributed by atoms with E-state index in [1.54, 1.807) is 6.20 Å². The van der Waals surface area contributed by atoms with E-state index >= 15 is 0 Å². The van der Waals surface area contributed by atoms with Crippen LogP contribution < -0.4 is 5.73 Å². The number of nitrogens with two attached hydrogens (primary N) is 1. The molecule has 3 N–H and O–H groups in total. The number of H-pyrrole nitrogens is 1. The van der Waals surface area contributed by atoms with Crippen LogP contribution in [0.3, 0.4) is 0 Å². The molecule has 5 nitrogen and oxygen atoms in total. The summed E-state index contributed by atoms with van der Waals surface area (Å²) in [6.07, 6.45) is 4.88. The van der Waals surface area contributed by atoms with Gasteiger partial charge in [0.2, 0.25) is 0 Å². The second-order valence-corrected chi connectivity index (χ2v) is 4.50. The Morgan fingerprint density at radius 3 is 2.84 bits per heavy atom. The standard InChI is InChI=1S/C14H15N5/c15-11(10-4-2-1-3-5-10)6-7-13-18-12-8-16-9-17-14(12)19-13/h1-5,8-9,11H,6-7,15H2,(H,16,17,18,19). The largest absolute Gasteiger partial charge is 0.339 e. The molecule has 2 aromatic heterocycles. The molecule has 0 spiro atoms. The van der Waals surface area contributed by atoms with Gasteiger partial charge in [0.25, 0.3) is 0 Å². The number of aromatic amines is 1. The zero-order chi connectivity index (χ0) is 13.1. The average Bonchev–Trinajstić information content (AvgIpc) is 2.88. The smallest absolute Gasteiger partial charge is 0.180 e. The Morgan fingerprint density at radius 1 is 1.21 bits per heavy atom. The molecule has 1 unspecified atom stereocenters. The molecule has 3 aromatic rings. The Bertz CT molecular complexity index is 629. The zero-order valence-corrected chi connectivity index (χ0v) is 10.5. The van der Waals surface area contributed by atoms with Crippen molar-refractivity contribution in [2.24, 2.45) is 5.73 Å². The predicted molar refractivity (Wildman–Crippen MR) is 73.4 cm³/mol. The summed E-state index contributed by atoms with van der Waals surface area (Å²) in [7, 11) is 0. The van der Waals surface area contributed by atoms with E-state index in [0.717, 1.165) is 29.7 Å². The number of aryl methyl sites for hydroxylation is 1. The van der Waals surface area contributed by atoms with Crippen LogP contribution in [0.15, 0.2) is 42.9 Å². The number of fused-ring (bicyclic) bond motifs is 1. The van der Waals surface area contributed by atoms with Gasteiger partial charge in [0, 0.05) is 12.5 Å². The van der Waals surface area contributed by atoms with Crippen molar-refractivity contribution >= 4 is 11.2 Å². The average molecular weight is 253 g/mol. The lowest BCUT2D eigenvalue weighted by Gasteiger charge is -2.10. The Balaban J connectivity index is 1.69. The minimum Gasteiger partial charge on any atom is -0.339 e. The van der Waals surface area contributed by atoms with Crippen molar-refractivity contribution in [1.82, 2.24) is 19.9 Å². The number of imidazole rings is 1. The van der Waals surface area contributed by atoms with Crippen molar-refractivity contribution in [2.75, 3.05) is 0 Å². The Kier molecular flexibility index (Phi) is 3.20. The molecule has 2 heterocycles. The van der Waals surface area contributed by atoms with Crippen LogP contribution in [-0.4, -0.2) is 19.9 Å². The molecule has 0 aliphatic heterocycles. The molecule has 0 radical (unpaired) electrons. The van der Waals surface area contributed by atoms with E-state index in [1.807, 2.05) is 18.2 Å².